The second-order valence-corrected chi connectivity index (χ2v) is 8.53. The van der Waals surface area contributed by atoms with Gasteiger partial charge in [0.25, 0.3) is 0 Å². The minimum Gasteiger partial charge on any atom is -0.507 e. The van der Waals surface area contributed by atoms with Crippen LogP contribution < -0.4 is 15.5 Å². The van der Waals surface area contributed by atoms with Crippen molar-refractivity contribution in [3.8, 4) is 17.0 Å². The van der Waals surface area contributed by atoms with Gasteiger partial charge in [0.2, 0.25) is 0 Å². The molecule has 0 saturated carbocycles. The number of aromatic hydroxyl groups is 1. The Hall–Kier alpha value is -2.38. The SMILES string of the molecule is CN(C1CCNCC1)C1CCN2c3cc(-c4ccccc4O)nnc3NCC2C1. The molecule has 154 valence electrons. The van der Waals surface area contributed by atoms with Crippen LogP contribution in [-0.4, -0.2) is 71.6 Å². The van der Waals surface area contributed by atoms with Gasteiger partial charge in [-0.05, 0) is 64.0 Å². The summed E-state index contributed by atoms with van der Waals surface area (Å²) in [6.45, 7) is 4.22. The van der Waals surface area contributed by atoms with Gasteiger partial charge in [0.05, 0.1) is 11.4 Å². The van der Waals surface area contributed by atoms with Gasteiger partial charge < -0.3 is 25.5 Å². The van der Waals surface area contributed by atoms with E-state index in [9.17, 15) is 5.11 Å². The predicted molar refractivity (Wildman–Crippen MR) is 115 cm³/mol. The van der Waals surface area contributed by atoms with Crippen molar-refractivity contribution in [3.05, 3.63) is 30.3 Å². The fourth-order valence-electron chi connectivity index (χ4n) is 5.19. The van der Waals surface area contributed by atoms with Crippen molar-refractivity contribution in [3.63, 3.8) is 0 Å². The highest BCUT2D eigenvalue weighted by Crippen LogP contribution is 2.38. The average molecular weight is 395 g/mol. The van der Waals surface area contributed by atoms with Crippen molar-refractivity contribution < 1.29 is 5.11 Å². The maximum Gasteiger partial charge on any atom is 0.172 e. The van der Waals surface area contributed by atoms with E-state index in [0.717, 1.165) is 48.9 Å². The predicted octanol–water partition coefficient (Wildman–Crippen LogP) is 2.30. The second-order valence-electron chi connectivity index (χ2n) is 8.53. The van der Waals surface area contributed by atoms with E-state index in [0.29, 0.717) is 18.1 Å². The normalized spacial score (nSPS) is 24.7. The number of aromatic nitrogens is 2. The van der Waals surface area contributed by atoms with Gasteiger partial charge >= 0.3 is 0 Å². The van der Waals surface area contributed by atoms with Crippen LogP contribution in [0.15, 0.2) is 30.3 Å². The van der Waals surface area contributed by atoms with Gasteiger partial charge in [0, 0.05) is 36.8 Å². The van der Waals surface area contributed by atoms with E-state index in [4.69, 9.17) is 0 Å². The molecule has 0 bridgehead atoms. The molecule has 0 amide bonds. The summed E-state index contributed by atoms with van der Waals surface area (Å²) >= 11 is 0. The maximum absolute atomic E-state index is 10.2. The number of phenols is 1. The molecule has 5 rings (SSSR count). The molecule has 1 aromatic carbocycles. The minimum absolute atomic E-state index is 0.240. The number of nitrogens with one attached hydrogen (secondary N) is 2. The Kier molecular flexibility index (Phi) is 5.01. The van der Waals surface area contributed by atoms with Crippen molar-refractivity contribution in [1.29, 1.82) is 0 Å². The van der Waals surface area contributed by atoms with Crippen LogP contribution in [0, 0.1) is 0 Å². The topological polar surface area (TPSA) is 76.5 Å². The fourth-order valence-corrected chi connectivity index (χ4v) is 5.19. The Bertz CT molecular complexity index is 868. The minimum atomic E-state index is 0.240. The summed E-state index contributed by atoms with van der Waals surface area (Å²) in [6, 6.07) is 11.2. The van der Waals surface area contributed by atoms with Crippen molar-refractivity contribution >= 4 is 11.5 Å². The molecule has 0 radical (unpaired) electrons. The molecule has 2 unspecified atom stereocenters. The number of hydrogen-bond donors (Lipinski definition) is 3. The third-order valence-electron chi connectivity index (χ3n) is 6.92. The van der Waals surface area contributed by atoms with Crippen molar-refractivity contribution in [1.82, 2.24) is 20.4 Å². The number of piperidine rings is 2. The number of nitrogens with zero attached hydrogens (tertiary/aromatic N) is 4. The van der Waals surface area contributed by atoms with Gasteiger partial charge in [-0.25, -0.2) is 0 Å². The molecule has 3 aliphatic rings. The van der Waals surface area contributed by atoms with Crippen LogP contribution in [0.1, 0.15) is 25.7 Å². The summed E-state index contributed by atoms with van der Waals surface area (Å²) in [4.78, 5) is 5.14. The largest absolute Gasteiger partial charge is 0.507 e. The summed E-state index contributed by atoms with van der Waals surface area (Å²) < 4.78 is 0. The van der Waals surface area contributed by atoms with Gasteiger partial charge in [-0.3, -0.25) is 0 Å². The Labute approximate surface area is 172 Å². The molecule has 2 fully saturated rings. The fraction of sp³-hybridized carbons (Fsp3) is 0.545. The van der Waals surface area contributed by atoms with Gasteiger partial charge in [0.1, 0.15) is 5.75 Å². The summed E-state index contributed by atoms with van der Waals surface area (Å²) in [6.07, 6.45) is 4.84. The molecular weight excluding hydrogens is 364 g/mol. The van der Waals surface area contributed by atoms with Gasteiger partial charge in [-0.15, -0.1) is 10.2 Å². The van der Waals surface area contributed by atoms with Crippen LogP contribution in [-0.2, 0) is 0 Å². The third-order valence-corrected chi connectivity index (χ3v) is 6.92. The van der Waals surface area contributed by atoms with E-state index in [1.165, 1.54) is 25.7 Å². The van der Waals surface area contributed by atoms with Gasteiger partial charge in [0.15, 0.2) is 5.82 Å². The number of phenolic OH excluding ortho intramolecular Hbond substituents is 1. The zero-order valence-corrected chi connectivity index (χ0v) is 17.0. The lowest BCUT2D eigenvalue weighted by Crippen LogP contribution is -2.56. The number of benzene rings is 1. The first-order valence-corrected chi connectivity index (χ1v) is 10.8. The second kappa shape index (κ2) is 7.80. The molecule has 2 aromatic rings. The first-order valence-electron chi connectivity index (χ1n) is 10.8. The van der Waals surface area contributed by atoms with Gasteiger partial charge in [-0.2, -0.15) is 0 Å². The van der Waals surface area contributed by atoms with Crippen molar-refractivity contribution in [2.24, 2.45) is 0 Å². The highest BCUT2D eigenvalue weighted by atomic mass is 16.3. The van der Waals surface area contributed by atoms with E-state index in [1.54, 1.807) is 6.07 Å². The smallest absolute Gasteiger partial charge is 0.172 e. The molecule has 4 heterocycles. The highest BCUT2D eigenvalue weighted by molar-refractivity contribution is 5.76. The molecule has 3 N–H and O–H groups in total. The Morgan fingerprint density at radius 1 is 1.10 bits per heavy atom. The quantitative estimate of drug-likeness (QED) is 0.737. The summed E-state index contributed by atoms with van der Waals surface area (Å²) in [7, 11) is 2.32. The first-order chi connectivity index (χ1) is 14.2. The molecule has 7 nitrogen and oxygen atoms in total. The van der Waals surface area contributed by atoms with Crippen molar-refractivity contribution in [2.75, 3.05) is 43.4 Å². The molecule has 2 atom stereocenters. The standard InChI is InChI=1S/C22H30N6O/c1-27(15-6-9-23-10-7-15)16-8-11-28-17(12-16)14-24-22-20(28)13-19(25-26-22)18-4-2-3-5-21(18)29/h2-5,13,15-17,23,29H,6-12,14H2,1H3,(H,24,26). The zero-order valence-electron chi connectivity index (χ0n) is 17.0. The third kappa shape index (κ3) is 3.53. The maximum atomic E-state index is 10.2. The van der Waals surface area contributed by atoms with E-state index >= 15 is 0 Å². The molecule has 0 spiro atoms. The number of hydrogen-bond acceptors (Lipinski definition) is 7. The van der Waals surface area contributed by atoms with Crippen LogP contribution in [0.25, 0.3) is 11.3 Å². The lowest BCUT2D eigenvalue weighted by Gasteiger charge is -2.48. The Morgan fingerprint density at radius 3 is 2.76 bits per heavy atom. The summed E-state index contributed by atoms with van der Waals surface area (Å²) in [5.41, 5.74) is 2.56. The molecule has 0 aliphatic carbocycles. The van der Waals surface area contributed by atoms with Crippen molar-refractivity contribution in [2.45, 2.75) is 43.8 Å². The monoisotopic (exact) mass is 394 g/mol. The van der Waals surface area contributed by atoms with Crippen LogP contribution in [0.3, 0.4) is 0 Å². The molecule has 2 saturated heterocycles. The number of anilines is 2. The molecule has 29 heavy (non-hydrogen) atoms. The number of rotatable bonds is 3. The average Bonchev–Trinajstić information content (AvgIpc) is 2.78. The van der Waals surface area contributed by atoms with E-state index < -0.39 is 0 Å². The van der Waals surface area contributed by atoms with E-state index in [-0.39, 0.29) is 5.75 Å². The molecule has 7 heteroatoms. The summed E-state index contributed by atoms with van der Waals surface area (Å²) in [5, 5.41) is 26.0. The zero-order chi connectivity index (χ0) is 19.8. The number of fused-ring (bicyclic) bond motifs is 3. The lowest BCUT2D eigenvalue weighted by atomic mass is 9.91. The van der Waals surface area contributed by atoms with Crippen LogP contribution in [0.5, 0.6) is 5.75 Å². The van der Waals surface area contributed by atoms with E-state index in [2.05, 4.69) is 43.7 Å². The first kappa shape index (κ1) is 18.6. The highest BCUT2D eigenvalue weighted by Gasteiger charge is 2.36. The number of para-hydroxylation sites is 1. The molecule has 3 aliphatic heterocycles. The lowest BCUT2D eigenvalue weighted by molar-refractivity contribution is 0.115. The Balaban J connectivity index is 1.35. The van der Waals surface area contributed by atoms with Crippen LogP contribution >= 0.6 is 0 Å². The molecule has 1 aromatic heterocycles. The van der Waals surface area contributed by atoms with Gasteiger partial charge in [-0.1, -0.05) is 12.1 Å². The summed E-state index contributed by atoms with van der Waals surface area (Å²) in [5.74, 6) is 1.09. The van der Waals surface area contributed by atoms with E-state index in [1.807, 2.05) is 18.2 Å². The Morgan fingerprint density at radius 2 is 1.93 bits per heavy atom. The van der Waals surface area contributed by atoms with Crippen LogP contribution in [0.4, 0.5) is 11.5 Å². The van der Waals surface area contributed by atoms with Crippen LogP contribution in [0.2, 0.25) is 0 Å². The molecular formula is C22H30N6O.